The van der Waals surface area contributed by atoms with E-state index >= 15 is 0 Å². The standard InChI is InChI=1S/C27H50N/c1-5-7-8-9-10-11-12-13-14-15-16-17-18-19-23-28(3,4)25-27-22-20-21-26(6-2)24-27/h20-22,24H,5-19,23,25H2,1-4H3/q+1. The van der Waals surface area contributed by atoms with Crippen LogP contribution in [-0.4, -0.2) is 25.1 Å². The molecule has 0 N–H and O–H groups in total. The fraction of sp³-hybridized carbons (Fsp3) is 0.778. The molecule has 0 saturated carbocycles. The van der Waals surface area contributed by atoms with Crippen molar-refractivity contribution in [2.45, 2.75) is 117 Å². The van der Waals surface area contributed by atoms with E-state index in [1.807, 2.05) is 0 Å². The Morgan fingerprint density at radius 1 is 0.607 bits per heavy atom. The molecule has 0 spiro atoms. The molecule has 1 aromatic rings. The molecule has 0 amide bonds. The summed E-state index contributed by atoms with van der Waals surface area (Å²) in [6, 6.07) is 9.16. The predicted molar refractivity (Wildman–Crippen MR) is 127 cm³/mol. The maximum Gasteiger partial charge on any atom is 0.104 e. The Morgan fingerprint density at radius 2 is 1.07 bits per heavy atom. The van der Waals surface area contributed by atoms with Crippen molar-refractivity contribution in [2.75, 3.05) is 20.6 Å². The Hall–Kier alpha value is -0.820. The van der Waals surface area contributed by atoms with Gasteiger partial charge in [-0.1, -0.05) is 115 Å². The van der Waals surface area contributed by atoms with Gasteiger partial charge in [0.1, 0.15) is 6.54 Å². The zero-order valence-corrected chi connectivity index (χ0v) is 19.8. The Balaban J connectivity index is 1.96. The maximum atomic E-state index is 2.39. The third kappa shape index (κ3) is 13.4. The maximum absolute atomic E-state index is 2.39. The summed E-state index contributed by atoms with van der Waals surface area (Å²) < 4.78 is 1.12. The summed E-state index contributed by atoms with van der Waals surface area (Å²) in [5, 5.41) is 0. The average molecular weight is 389 g/mol. The molecule has 0 aliphatic carbocycles. The van der Waals surface area contributed by atoms with Crippen LogP contribution in [0.1, 0.15) is 115 Å². The predicted octanol–water partition coefficient (Wildman–Crippen LogP) is 8.31. The Bertz CT molecular complexity index is 477. The van der Waals surface area contributed by atoms with Gasteiger partial charge in [-0.2, -0.15) is 0 Å². The normalized spacial score (nSPS) is 11.9. The molecule has 28 heavy (non-hydrogen) atoms. The SMILES string of the molecule is CCCCCCCCCCCCCCCC[N+](C)(C)Cc1cccc(CC)c1. The van der Waals surface area contributed by atoms with Crippen molar-refractivity contribution >= 4 is 0 Å². The number of benzene rings is 1. The molecule has 0 unspecified atom stereocenters. The smallest absolute Gasteiger partial charge is 0.104 e. The minimum atomic E-state index is 1.12. The molecule has 1 rings (SSSR count). The number of unbranched alkanes of at least 4 members (excludes halogenated alkanes) is 13. The summed E-state index contributed by atoms with van der Waals surface area (Å²) in [5.41, 5.74) is 2.96. The first-order valence-corrected chi connectivity index (χ1v) is 12.5. The minimum Gasteiger partial charge on any atom is -0.325 e. The van der Waals surface area contributed by atoms with Gasteiger partial charge in [-0.05, 0) is 24.8 Å². The molecule has 0 aliphatic rings. The third-order valence-electron chi connectivity index (χ3n) is 6.13. The molecule has 0 saturated heterocycles. The first-order chi connectivity index (χ1) is 13.6. The number of quaternary nitrogens is 1. The van der Waals surface area contributed by atoms with Crippen LogP contribution >= 0.6 is 0 Å². The summed E-state index contributed by atoms with van der Waals surface area (Å²) in [5.74, 6) is 0. The van der Waals surface area contributed by atoms with E-state index in [9.17, 15) is 0 Å². The lowest BCUT2D eigenvalue weighted by atomic mass is 10.0. The number of rotatable bonds is 18. The molecule has 0 heterocycles. The number of hydrogen-bond acceptors (Lipinski definition) is 0. The van der Waals surface area contributed by atoms with E-state index in [4.69, 9.17) is 0 Å². The van der Waals surface area contributed by atoms with Crippen LogP contribution in [0.15, 0.2) is 24.3 Å². The molecule has 162 valence electrons. The fourth-order valence-corrected chi connectivity index (χ4v) is 4.26. The summed E-state index contributed by atoms with van der Waals surface area (Å²) in [6.07, 6.45) is 21.3. The highest BCUT2D eigenvalue weighted by molar-refractivity contribution is 5.22. The third-order valence-corrected chi connectivity index (χ3v) is 6.13. The monoisotopic (exact) mass is 388 g/mol. The van der Waals surface area contributed by atoms with Gasteiger partial charge in [0, 0.05) is 5.56 Å². The van der Waals surface area contributed by atoms with Gasteiger partial charge in [-0.15, -0.1) is 0 Å². The second kappa shape index (κ2) is 16.0. The first-order valence-electron chi connectivity index (χ1n) is 12.5. The topological polar surface area (TPSA) is 0 Å². The Kier molecular flexibility index (Phi) is 14.4. The summed E-state index contributed by atoms with van der Waals surface area (Å²) in [6.45, 7) is 7.00. The van der Waals surface area contributed by atoms with Gasteiger partial charge in [0.25, 0.3) is 0 Å². The Labute approximate surface area is 177 Å². The van der Waals surface area contributed by atoms with Gasteiger partial charge in [-0.3, -0.25) is 0 Å². The molecular weight excluding hydrogens is 338 g/mol. The van der Waals surface area contributed by atoms with Crippen molar-refractivity contribution in [2.24, 2.45) is 0 Å². The zero-order valence-electron chi connectivity index (χ0n) is 19.8. The van der Waals surface area contributed by atoms with Gasteiger partial charge in [0.2, 0.25) is 0 Å². The van der Waals surface area contributed by atoms with E-state index < -0.39 is 0 Å². The van der Waals surface area contributed by atoms with Crippen LogP contribution in [0.5, 0.6) is 0 Å². The van der Waals surface area contributed by atoms with Crippen molar-refractivity contribution in [1.29, 1.82) is 0 Å². The molecule has 1 nitrogen and oxygen atoms in total. The lowest BCUT2D eigenvalue weighted by molar-refractivity contribution is -0.903. The van der Waals surface area contributed by atoms with Crippen molar-refractivity contribution in [1.82, 2.24) is 0 Å². The summed E-state index contributed by atoms with van der Waals surface area (Å²) in [7, 11) is 4.78. The quantitative estimate of drug-likeness (QED) is 0.175. The van der Waals surface area contributed by atoms with Crippen molar-refractivity contribution in [3.8, 4) is 0 Å². The fourth-order valence-electron chi connectivity index (χ4n) is 4.26. The molecule has 0 aliphatic heterocycles. The molecule has 0 bridgehead atoms. The van der Waals surface area contributed by atoms with E-state index in [2.05, 4.69) is 52.2 Å². The highest BCUT2D eigenvalue weighted by atomic mass is 15.3. The van der Waals surface area contributed by atoms with E-state index in [1.54, 1.807) is 0 Å². The molecule has 0 fully saturated rings. The van der Waals surface area contributed by atoms with Gasteiger partial charge < -0.3 is 4.48 Å². The second-order valence-electron chi connectivity index (χ2n) is 9.59. The van der Waals surface area contributed by atoms with Crippen LogP contribution in [-0.2, 0) is 13.0 Å². The molecule has 0 radical (unpaired) electrons. The zero-order chi connectivity index (χ0) is 20.5. The second-order valence-corrected chi connectivity index (χ2v) is 9.59. The van der Waals surface area contributed by atoms with Gasteiger partial charge >= 0.3 is 0 Å². The van der Waals surface area contributed by atoms with Crippen LogP contribution in [0, 0.1) is 0 Å². The molecule has 0 atom stereocenters. The van der Waals surface area contributed by atoms with E-state index in [-0.39, 0.29) is 0 Å². The van der Waals surface area contributed by atoms with Gasteiger partial charge in [0.05, 0.1) is 20.6 Å². The minimum absolute atomic E-state index is 1.12. The highest BCUT2D eigenvalue weighted by Crippen LogP contribution is 2.16. The number of aryl methyl sites for hydroxylation is 1. The summed E-state index contributed by atoms with van der Waals surface area (Å²) >= 11 is 0. The van der Waals surface area contributed by atoms with E-state index in [0.717, 1.165) is 17.4 Å². The lowest BCUT2D eigenvalue weighted by Crippen LogP contribution is -2.39. The van der Waals surface area contributed by atoms with Crippen LogP contribution in [0.4, 0.5) is 0 Å². The highest BCUT2D eigenvalue weighted by Gasteiger charge is 2.15. The van der Waals surface area contributed by atoms with Crippen molar-refractivity contribution < 1.29 is 4.48 Å². The van der Waals surface area contributed by atoms with Crippen LogP contribution in [0.25, 0.3) is 0 Å². The molecule has 0 aromatic heterocycles. The van der Waals surface area contributed by atoms with E-state index in [1.165, 1.54) is 108 Å². The van der Waals surface area contributed by atoms with Crippen LogP contribution in [0.3, 0.4) is 0 Å². The van der Waals surface area contributed by atoms with Gasteiger partial charge in [0.15, 0.2) is 0 Å². The average Bonchev–Trinajstić information content (AvgIpc) is 2.68. The van der Waals surface area contributed by atoms with Crippen LogP contribution in [0.2, 0.25) is 0 Å². The van der Waals surface area contributed by atoms with Crippen molar-refractivity contribution in [3.63, 3.8) is 0 Å². The van der Waals surface area contributed by atoms with E-state index in [0.29, 0.717) is 0 Å². The number of nitrogens with zero attached hydrogens (tertiary/aromatic N) is 1. The largest absolute Gasteiger partial charge is 0.325 e. The van der Waals surface area contributed by atoms with Crippen LogP contribution < -0.4 is 0 Å². The molecule has 1 aromatic carbocycles. The van der Waals surface area contributed by atoms with Crippen molar-refractivity contribution in [3.05, 3.63) is 35.4 Å². The lowest BCUT2D eigenvalue weighted by Gasteiger charge is -2.30. The molecular formula is C27H50N+. The Morgan fingerprint density at radius 3 is 1.57 bits per heavy atom. The summed E-state index contributed by atoms with van der Waals surface area (Å²) in [4.78, 5) is 0. The first kappa shape index (κ1) is 25.2. The number of hydrogen-bond donors (Lipinski definition) is 0. The van der Waals surface area contributed by atoms with Gasteiger partial charge in [-0.25, -0.2) is 0 Å². The molecule has 1 heteroatoms.